The summed E-state index contributed by atoms with van der Waals surface area (Å²) < 4.78 is 0. The molecule has 1 aliphatic rings. The monoisotopic (exact) mass is 296 g/mol. The maximum Gasteiger partial charge on any atom is 0.224 e. The molecule has 1 aromatic carbocycles. The molecule has 1 aromatic rings. The van der Waals surface area contributed by atoms with Crippen LogP contribution in [0.5, 0.6) is 0 Å². The standard InChI is InChI=1S/C16H24N2O.ClH/c1-11-8-12(2)16(13(3)9-11)18-15(19)10-14-4-6-17-7-5-14;/h8-9,14,17H,4-7,10H2,1-3H3,(H,18,19);1H. The van der Waals surface area contributed by atoms with Crippen molar-refractivity contribution in [3.8, 4) is 0 Å². The number of carbonyl (C=O) groups is 1. The molecule has 0 unspecified atom stereocenters. The molecule has 1 fully saturated rings. The second-order valence-corrected chi connectivity index (χ2v) is 5.72. The molecule has 2 rings (SSSR count). The van der Waals surface area contributed by atoms with Gasteiger partial charge in [-0.05, 0) is 63.7 Å². The first kappa shape index (κ1) is 17.0. The molecular weight excluding hydrogens is 272 g/mol. The summed E-state index contributed by atoms with van der Waals surface area (Å²) >= 11 is 0. The number of halogens is 1. The summed E-state index contributed by atoms with van der Waals surface area (Å²) in [6, 6.07) is 4.24. The normalized spacial score (nSPS) is 15.6. The Labute approximate surface area is 127 Å². The number of hydrogen-bond donors (Lipinski definition) is 2. The van der Waals surface area contributed by atoms with E-state index in [-0.39, 0.29) is 18.3 Å². The van der Waals surface area contributed by atoms with Gasteiger partial charge in [0.2, 0.25) is 5.91 Å². The van der Waals surface area contributed by atoms with Gasteiger partial charge in [-0.25, -0.2) is 0 Å². The summed E-state index contributed by atoms with van der Waals surface area (Å²) in [5.74, 6) is 0.689. The van der Waals surface area contributed by atoms with Crippen molar-refractivity contribution in [2.75, 3.05) is 18.4 Å². The lowest BCUT2D eigenvalue weighted by Gasteiger charge is -2.22. The van der Waals surface area contributed by atoms with Crippen molar-refractivity contribution in [3.05, 3.63) is 28.8 Å². The van der Waals surface area contributed by atoms with Crippen molar-refractivity contribution in [3.63, 3.8) is 0 Å². The quantitative estimate of drug-likeness (QED) is 0.898. The van der Waals surface area contributed by atoms with Gasteiger partial charge in [0.05, 0.1) is 0 Å². The Morgan fingerprint density at radius 2 is 1.75 bits per heavy atom. The summed E-state index contributed by atoms with van der Waals surface area (Å²) in [5, 5.41) is 6.42. The number of aryl methyl sites for hydroxylation is 3. The van der Waals surface area contributed by atoms with Crippen LogP contribution < -0.4 is 10.6 Å². The minimum atomic E-state index is 0. The maximum atomic E-state index is 12.1. The lowest BCUT2D eigenvalue weighted by atomic mass is 9.94. The average molecular weight is 297 g/mol. The van der Waals surface area contributed by atoms with Gasteiger partial charge in [0.25, 0.3) is 0 Å². The zero-order chi connectivity index (χ0) is 13.8. The predicted octanol–water partition coefficient (Wildman–Crippen LogP) is 3.36. The number of benzene rings is 1. The van der Waals surface area contributed by atoms with Crippen LogP contribution in [-0.2, 0) is 4.79 Å². The van der Waals surface area contributed by atoms with E-state index in [9.17, 15) is 4.79 Å². The van der Waals surface area contributed by atoms with Gasteiger partial charge in [0, 0.05) is 12.1 Å². The molecule has 1 aliphatic heterocycles. The molecule has 0 saturated carbocycles. The number of nitrogens with one attached hydrogen (secondary N) is 2. The molecule has 20 heavy (non-hydrogen) atoms. The molecule has 1 amide bonds. The molecule has 112 valence electrons. The lowest BCUT2D eigenvalue weighted by Crippen LogP contribution is -2.30. The van der Waals surface area contributed by atoms with E-state index in [0.29, 0.717) is 12.3 Å². The van der Waals surface area contributed by atoms with Crippen LogP contribution >= 0.6 is 12.4 Å². The van der Waals surface area contributed by atoms with Gasteiger partial charge in [-0.1, -0.05) is 17.7 Å². The van der Waals surface area contributed by atoms with Gasteiger partial charge in [-0.2, -0.15) is 0 Å². The first-order valence-electron chi connectivity index (χ1n) is 7.14. The van der Waals surface area contributed by atoms with E-state index in [4.69, 9.17) is 0 Å². The summed E-state index contributed by atoms with van der Waals surface area (Å²) in [4.78, 5) is 12.1. The van der Waals surface area contributed by atoms with Crippen molar-refractivity contribution < 1.29 is 4.79 Å². The second kappa shape index (κ2) is 7.65. The van der Waals surface area contributed by atoms with Crippen LogP contribution in [0.2, 0.25) is 0 Å². The van der Waals surface area contributed by atoms with Gasteiger partial charge < -0.3 is 10.6 Å². The number of amides is 1. The van der Waals surface area contributed by atoms with E-state index in [0.717, 1.165) is 42.7 Å². The fraction of sp³-hybridized carbons (Fsp3) is 0.562. The van der Waals surface area contributed by atoms with Gasteiger partial charge in [0.15, 0.2) is 0 Å². The van der Waals surface area contributed by atoms with Crippen LogP contribution in [0.25, 0.3) is 0 Å². The highest BCUT2D eigenvalue weighted by Crippen LogP contribution is 2.23. The van der Waals surface area contributed by atoms with Crippen LogP contribution in [-0.4, -0.2) is 19.0 Å². The molecule has 4 heteroatoms. The number of piperidine rings is 1. The highest BCUT2D eigenvalue weighted by molar-refractivity contribution is 5.92. The molecule has 3 nitrogen and oxygen atoms in total. The summed E-state index contributed by atoms with van der Waals surface area (Å²) in [5.41, 5.74) is 4.53. The van der Waals surface area contributed by atoms with E-state index in [1.807, 2.05) is 0 Å². The lowest BCUT2D eigenvalue weighted by molar-refractivity contribution is -0.117. The Balaban J connectivity index is 0.00000200. The van der Waals surface area contributed by atoms with Crippen molar-refractivity contribution in [2.24, 2.45) is 5.92 Å². The minimum Gasteiger partial charge on any atom is -0.326 e. The Bertz CT molecular complexity index is 445. The highest BCUT2D eigenvalue weighted by Gasteiger charge is 2.17. The third-order valence-corrected chi connectivity index (χ3v) is 3.87. The van der Waals surface area contributed by atoms with Crippen LogP contribution in [0.3, 0.4) is 0 Å². The van der Waals surface area contributed by atoms with Gasteiger partial charge in [0.1, 0.15) is 0 Å². The summed E-state index contributed by atoms with van der Waals surface area (Å²) in [6.07, 6.45) is 2.87. The van der Waals surface area contributed by atoms with Crippen LogP contribution in [0.1, 0.15) is 36.0 Å². The Kier molecular flexibility index (Phi) is 6.50. The Morgan fingerprint density at radius 1 is 1.20 bits per heavy atom. The van der Waals surface area contributed by atoms with Crippen LogP contribution in [0.4, 0.5) is 5.69 Å². The topological polar surface area (TPSA) is 41.1 Å². The second-order valence-electron chi connectivity index (χ2n) is 5.72. The molecule has 0 atom stereocenters. The van der Waals surface area contributed by atoms with Gasteiger partial charge >= 0.3 is 0 Å². The molecule has 0 aromatic heterocycles. The SMILES string of the molecule is Cc1cc(C)c(NC(=O)CC2CCNCC2)c(C)c1.Cl. The zero-order valence-electron chi connectivity index (χ0n) is 12.6. The van der Waals surface area contributed by atoms with Crippen molar-refractivity contribution in [2.45, 2.75) is 40.0 Å². The van der Waals surface area contributed by atoms with E-state index >= 15 is 0 Å². The van der Waals surface area contributed by atoms with E-state index < -0.39 is 0 Å². The molecule has 0 spiro atoms. The first-order valence-corrected chi connectivity index (χ1v) is 7.14. The first-order chi connectivity index (χ1) is 9.06. The predicted molar refractivity (Wildman–Crippen MR) is 86.7 cm³/mol. The third-order valence-electron chi connectivity index (χ3n) is 3.87. The molecule has 1 saturated heterocycles. The van der Waals surface area contributed by atoms with Gasteiger partial charge in [-0.15, -0.1) is 12.4 Å². The average Bonchev–Trinajstić information content (AvgIpc) is 2.35. The summed E-state index contributed by atoms with van der Waals surface area (Å²) in [6.45, 7) is 8.28. The van der Waals surface area contributed by atoms with Gasteiger partial charge in [-0.3, -0.25) is 4.79 Å². The molecule has 0 aliphatic carbocycles. The van der Waals surface area contributed by atoms with Crippen LogP contribution in [0.15, 0.2) is 12.1 Å². The van der Waals surface area contributed by atoms with Crippen LogP contribution in [0, 0.1) is 26.7 Å². The number of rotatable bonds is 3. The summed E-state index contributed by atoms with van der Waals surface area (Å²) in [7, 11) is 0. The number of carbonyl (C=O) groups excluding carboxylic acids is 1. The van der Waals surface area contributed by atoms with E-state index in [2.05, 4.69) is 43.5 Å². The molecule has 2 N–H and O–H groups in total. The Morgan fingerprint density at radius 3 is 2.30 bits per heavy atom. The fourth-order valence-corrected chi connectivity index (χ4v) is 2.92. The minimum absolute atomic E-state index is 0. The van der Waals surface area contributed by atoms with Crippen molar-refractivity contribution in [1.29, 1.82) is 0 Å². The third kappa shape index (κ3) is 4.50. The van der Waals surface area contributed by atoms with E-state index in [1.165, 1.54) is 5.56 Å². The highest BCUT2D eigenvalue weighted by atomic mass is 35.5. The van der Waals surface area contributed by atoms with E-state index in [1.54, 1.807) is 0 Å². The Hall–Kier alpha value is -1.06. The molecular formula is C16H25ClN2O. The largest absolute Gasteiger partial charge is 0.326 e. The van der Waals surface area contributed by atoms with Crippen molar-refractivity contribution in [1.82, 2.24) is 5.32 Å². The molecule has 1 heterocycles. The molecule has 0 bridgehead atoms. The number of hydrogen-bond acceptors (Lipinski definition) is 2. The number of anilines is 1. The fourth-order valence-electron chi connectivity index (χ4n) is 2.92. The smallest absolute Gasteiger partial charge is 0.224 e. The zero-order valence-corrected chi connectivity index (χ0v) is 13.4. The molecule has 0 radical (unpaired) electrons. The van der Waals surface area contributed by atoms with Crippen molar-refractivity contribution >= 4 is 24.0 Å². The maximum absolute atomic E-state index is 12.1.